The summed E-state index contributed by atoms with van der Waals surface area (Å²) in [4.78, 5) is 2.50. The number of para-hydroxylation sites is 4. The van der Waals surface area contributed by atoms with E-state index in [1.54, 1.807) is 0 Å². The number of hydrogen-bond donors (Lipinski definition) is 0. The Hall–Kier alpha value is -9.18. The molecule has 332 valence electrons. The van der Waals surface area contributed by atoms with Crippen molar-refractivity contribution in [3.8, 4) is 67.5 Å². The Bertz CT molecular complexity index is 3860. The average Bonchev–Trinajstić information content (AvgIpc) is 3.90. The maximum absolute atomic E-state index is 6.76. The first kappa shape index (κ1) is 39.8. The predicted molar refractivity (Wildman–Crippen MR) is 287 cm³/mol. The van der Waals surface area contributed by atoms with E-state index in [1.165, 1.54) is 61.2 Å². The van der Waals surface area contributed by atoms with Gasteiger partial charge in [0, 0.05) is 39.2 Å². The molecule has 2 aliphatic carbocycles. The van der Waals surface area contributed by atoms with Crippen LogP contribution >= 0.6 is 0 Å². The van der Waals surface area contributed by atoms with E-state index < -0.39 is 10.8 Å². The summed E-state index contributed by atoms with van der Waals surface area (Å²) in [5.41, 5.74) is 21.2. The van der Waals surface area contributed by atoms with E-state index in [0.717, 1.165) is 67.9 Å². The molecule has 0 bridgehead atoms. The summed E-state index contributed by atoms with van der Waals surface area (Å²) in [6.45, 7) is 0. The topological polar surface area (TPSA) is 21.7 Å². The Kier molecular flexibility index (Phi) is 8.49. The fraction of sp³-hybridized carbons (Fsp3) is 0.0294. The molecule has 15 rings (SSSR count). The fourth-order valence-electron chi connectivity index (χ4n) is 12.8. The van der Waals surface area contributed by atoms with Gasteiger partial charge in [-0.15, -0.1) is 0 Å². The molecule has 11 aromatic rings. The van der Waals surface area contributed by atoms with Crippen molar-refractivity contribution in [2.45, 2.75) is 10.8 Å². The van der Waals surface area contributed by atoms with Crippen molar-refractivity contribution in [2.75, 3.05) is 4.90 Å². The molecule has 2 heterocycles. The van der Waals surface area contributed by atoms with Crippen LogP contribution in [0.3, 0.4) is 0 Å². The quantitative estimate of drug-likeness (QED) is 0.172. The van der Waals surface area contributed by atoms with E-state index in [1.807, 2.05) is 0 Å². The van der Waals surface area contributed by atoms with Gasteiger partial charge in [0.2, 0.25) is 0 Å². The molecule has 0 saturated heterocycles. The molecule has 0 saturated carbocycles. The number of nitrogens with zero attached hydrogens (tertiary/aromatic N) is 1. The maximum Gasteiger partial charge on any atom is 0.132 e. The molecular weight excluding hydrogens is 863 g/mol. The standard InChI is InChI=1S/C68H43NO2/c1-2-17-44(18-3-1)45-33-35-46(36-34-45)47-37-39-48(40-38-47)69(49-41-42-51-50-19-4-6-21-53(50)68(60(51)43-49)57-25-10-14-31-64(57)71-65-32-15-11-26-58(65)68)61-28-16-27-59-66(61)52-20-5-7-22-54(52)67(59)55-23-8-12-29-62(55)70-63-30-13-9-24-56(63)67/h1-43H. The summed E-state index contributed by atoms with van der Waals surface area (Å²) in [6, 6.07) is 95.2. The molecule has 0 radical (unpaired) electrons. The fourth-order valence-corrected chi connectivity index (χ4v) is 12.8. The minimum absolute atomic E-state index is 0.617. The highest BCUT2D eigenvalue weighted by Crippen LogP contribution is 2.66. The Morgan fingerprint density at radius 2 is 0.634 bits per heavy atom. The zero-order chi connectivity index (χ0) is 46.7. The second-order valence-corrected chi connectivity index (χ2v) is 19.0. The van der Waals surface area contributed by atoms with Gasteiger partial charge < -0.3 is 14.4 Å². The van der Waals surface area contributed by atoms with E-state index in [-0.39, 0.29) is 0 Å². The van der Waals surface area contributed by atoms with Crippen LogP contribution in [0.15, 0.2) is 261 Å². The summed E-state index contributed by atoms with van der Waals surface area (Å²) in [5, 5.41) is 0. The lowest BCUT2D eigenvalue weighted by Gasteiger charge is -2.40. The van der Waals surface area contributed by atoms with Gasteiger partial charge in [-0.05, 0) is 116 Å². The molecule has 0 fully saturated rings. The van der Waals surface area contributed by atoms with Crippen molar-refractivity contribution in [2.24, 2.45) is 0 Å². The van der Waals surface area contributed by atoms with Gasteiger partial charge >= 0.3 is 0 Å². The molecule has 3 heteroatoms. The molecule has 4 aliphatic rings. The first-order valence-electron chi connectivity index (χ1n) is 24.5. The molecule has 11 aromatic carbocycles. The van der Waals surface area contributed by atoms with Gasteiger partial charge in [0.25, 0.3) is 0 Å². The summed E-state index contributed by atoms with van der Waals surface area (Å²) < 4.78 is 13.5. The van der Waals surface area contributed by atoms with E-state index in [4.69, 9.17) is 9.47 Å². The summed E-state index contributed by atoms with van der Waals surface area (Å²) in [6.07, 6.45) is 0. The molecule has 2 spiro atoms. The minimum atomic E-state index is -0.625. The molecule has 2 aliphatic heterocycles. The minimum Gasteiger partial charge on any atom is -0.457 e. The molecule has 0 atom stereocenters. The maximum atomic E-state index is 6.76. The third-order valence-corrected chi connectivity index (χ3v) is 15.6. The smallest absolute Gasteiger partial charge is 0.132 e. The van der Waals surface area contributed by atoms with Gasteiger partial charge in [-0.2, -0.15) is 0 Å². The van der Waals surface area contributed by atoms with Crippen LogP contribution in [0.25, 0.3) is 44.5 Å². The largest absolute Gasteiger partial charge is 0.457 e. The highest BCUT2D eigenvalue weighted by atomic mass is 16.5. The Balaban J connectivity index is 0.984. The Labute approximate surface area is 413 Å². The van der Waals surface area contributed by atoms with E-state index >= 15 is 0 Å². The predicted octanol–water partition coefficient (Wildman–Crippen LogP) is 17.4. The summed E-state index contributed by atoms with van der Waals surface area (Å²) in [7, 11) is 0. The Morgan fingerprint density at radius 3 is 1.18 bits per heavy atom. The molecule has 0 amide bonds. The van der Waals surface area contributed by atoms with Crippen molar-refractivity contribution in [3.63, 3.8) is 0 Å². The zero-order valence-corrected chi connectivity index (χ0v) is 38.6. The number of hydrogen-bond acceptors (Lipinski definition) is 3. The van der Waals surface area contributed by atoms with Gasteiger partial charge in [-0.1, -0.05) is 206 Å². The van der Waals surface area contributed by atoms with Crippen LogP contribution in [0.4, 0.5) is 17.1 Å². The number of ether oxygens (including phenoxy) is 2. The van der Waals surface area contributed by atoms with Gasteiger partial charge in [-0.25, -0.2) is 0 Å². The highest BCUT2D eigenvalue weighted by Gasteiger charge is 2.53. The van der Waals surface area contributed by atoms with Crippen LogP contribution in [-0.4, -0.2) is 0 Å². The zero-order valence-electron chi connectivity index (χ0n) is 38.6. The van der Waals surface area contributed by atoms with E-state index in [2.05, 4.69) is 266 Å². The van der Waals surface area contributed by atoms with Gasteiger partial charge in [0.15, 0.2) is 0 Å². The number of rotatable bonds is 5. The van der Waals surface area contributed by atoms with Crippen molar-refractivity contribution < 1.29 is 9.47 Å². The average molecular weight is 906 g/mol. The summed E-state index contributed by atoms with van der Waals surface area (Å²) in [5.74, 6) is 3.51. The van der Waals surface area contributed by atoms with E-state index in [9.17, 15) is 0 Å². The van der Waals surface area contributed by atoms with Crippen LogP contribution in [0.2, 0.25) is 0 Å². The SMILES string of the molecule is c1ccc(-c2ccc(-c3ccc(N(c4ccc5c(c4)C4(c6ccccc6Oc6ccccc64)c4ccccc4-5)c4cccc5c4-c4ccccc4C54c5ccccc5Oc5ccccc54)cc3)cc2)cc1. The molecule has 71 heavy (non-hydrogen) atoms. The lowest BCUT2D eigenvalue weighted by molar-refractivity contribution is 0.436. The first-order chi connectivity index (χ1) is 35.2. The third-order valence-electron chi connectivity index (χ3n) is 15.6. The second-order valence-electron chi connectivity index (χ2n) is 19.0. The van der Waals surface area contributed by atoms with Crippen molar-refractivity contribution in [1.29, 1.82) is 0 Å². The van der Waals surface area contributed by atoms with Gasteiger partial charge in [0.05, 0.1) is 16.5 Å². The lowest BCUT2D eigenvalue weighted by Crippen LogP contribution is -2.32. The van der Waals surface area contributed by atoms with Crippen LogP contribution in [0, 0.1) is 0 Å². The van der Waals surface area contributed by atoms with Crippen LogP contribution in [0.1, 0.15) is 44.5 Å². The number of benzene rings is 11. The number of fused-ring (bicyclic) bond motifs is 18. The van der Waals surface area contributed by atoms with Gasteiger partial charge in [-0.3, -0.25) is 0 Å². The van der Waals surface area contributed by atoms with Crippen molar-refractivity contribution in [3.05, 3.63) is 305 Å². The van der Waals surface area contributed by atoms with Crippen LogP contribution in [-0.2, 0) is 10.8 Å². The number of anilines is 3. The normalized spacial score (nSPS) is 14.1. The Morgan fingerprint density at radius 1 is 0.254 bits per heavy atom. The third kappa shape index (κ3) is 5.49. The lowest BCUT2D eigenvalue weighted by atomic mass is 9.66. The van der Waals surface area contributed by atoms with Gasteiger partial charge in [0.1, 0.15) is 23.0 Å². The molecular formula is C68H43NO2. The first-order valence-corrected chi connectivity index (χ1v) is 24.5. The molecule has 3 nitrogen and oxygen atoms in total. The van der Waals surface area contributed by atoms with E-state index in [0.29, 0.717) is 0 Å². The molecule has 0 N–H and O–H groups in total. The summed E-state index contributed by atoms with van der Waals surface area (Å²) >= 11 is 0. The molecule has 0 unspecified atom stereocenters. The highest BCUT2D eigenvalue weighted by molar-refractivity contribution is 5.99. The second kappa shape index (κ2) is 15.2. The van der Waals surface area contributed by atoms with Crippen molar-refractivity contribution >= 4 is 17.1 Å². The van der Waals surface area contributed by atoms with Crippen LogP contribution < -0.4 is 14.4 Å². The monoisotopic (exact) mass is 905 g/mol. The van der Waals surface area contributed by atoms with Crippen molar-refractivity contribution in [1.82, 2.24) is 0 Å². The molecule has 0 aromatic heterocycles. The van der Waals surface area contributed by atoms with Crippen LogP contribution in [0.5, 0.6) is 23.0 Å².